The van der Waals surface area contributed by atoms with Gasteiger partial charge in [0.2, 0.25) is 0 Å². The topological polar surface area (TPSA) is 126 Å². The third kappa shape index (κ3) is 15.9. The molecule has 9 heteroatoms. The van der Waals surface area contributed by atoms with E-state index in [1.165, 1.54) is 0 Å². The largest absolute Gasteiger partial charge is 0.480 e. The molecule has 0 radical (unpaired) electrons. The van der Waals surface area contributed by atoms with Crippen LogP contribution in [0.15, 0.2) is 0 Å². The van der Waals surface area contributed by atoms with Crippen LogP contribution in [0.4, 0.5) is 9.59 Å². The zero-order valence-electron chi connectivity index (χ0n) is 17.3. The first-order valence-corrected chi connectivity index (χ1v) is 9.20. The number of rotatable bonds is 10. The van der Waals surface area contributed by atoms with Crippen LogP contribution >= 0.6 is 0 Å². The summed E-state index contributed by atoms with van der Waals surface area (Å²) in [6.07, 6.45) is 0.658. The highest BCUT2D eigenvalue weighted by Gasteiger charge is 2.18. The molecule has 0 aromatic heterocycles. The average Bonchev–Trinajstić information content (AvgIpc) is 2.44. The molecule has 0 unspecified atom stereocenters. The van der Waals surface area contributed by atoms with Crippen LogP contribution in [0.3, 0.4) is 0 Å². The molecule has 0 aromatic carbocycles. The predicted octanol–water partition coefficient (Wildman–Crippen LogP) is 2.25. The molecule has 158 valence electrons. The molecule has 0 heterocycles. The second kappa shape index (κ2) is 11.6. The highest BCUT2D eigenvalue weighted by molar-refractivity contribution is 5.73. The molecular formula is C18H35N3O6. The van der Waals surface area contributed by atoms with Crippen molar-refractivity contribution in [3.63, 3.8) is 0 Å². The van der Waals surface area contributed by atoms with Crippen LogP contribution in [0, 0.1) is 0 Å². The molecule has 9 nitrogen and oxygen atoms in total. The van der Waals surface area contributed by atoms with E-state index < -0.39 is 35.4 Å². The number of carbonyl (C=O) groups is 3. The fraction of sp³-hybridized carbons (Fsp3) is 0.833. The number of carboxylic acids is 1. The van der Waals surface area contributed by atoms with E-state index in [1.54, 1.807) is 41.5 Å². The molecule has 0 bridgehead atoms. The fourth-order valence-electron chi connectivity index (χ4n) is 2.02. The summed E-state index contributed by atoms with van der Waals surface area (Å²) in [7, 11) is 0. The maximum Gasteiger partial charge on any atom is 0.407 e. The van der Waals surface area contributed by atoms with Gasteiger partial charge in [-0.15, -0.1) is 0 Å². The summed E-state index contributed by atoms with van der Waals surface area (Å²) < 4.78 is 10.2. The summed E-state index contributed by atoms with van der Waals surface area (Å²) in [5.41, 5.74) is -1.12. The number of amides is 2. The third-order valence-corrected chi connectivity index (χ3v) is 3.07. The van der Waals surface area contributed by atoms with Crippen molar-refractivity contribution in [3.8, 4) is 0 Å². The van der Waals surface area contributed by atoms with Gasteiger partial charge < -0.3 is 30.5 Å². The Morgan fingerprint density at radius 2 is 1.30 bits per heavy atom. The number of unbranched alkanes of at least 4 members (excludes halogenated alkanes) is 1. The lowest BCUT2D eigenvalue weighted by Gasteiger charge is -2.20. The van der Waals surface area contributed by atoms with Gasteiger partial charge in [0.25, 0.3) is 0 Å². The zero-order chi connectivity index (χ0) is 21.1. The van der Waals surface area contributed by atoms with Gasteiger partial charge in [-0.25, -0.2) is 9.59 Å². The van der Waals surface area contributed by atoms with E-state index in [4.69, 9.17) is 9.47 Å². The van der Waals surface area contributed by atoms with Gasteiger partial charge >= 0.3 is 18.2 Å². The minimum Gasteiger partial charge on any atom is -0.480 e. The van der Waals surface area contributed by atoms with Gasteiger partial charge in [0.15, 0.2) is 0 Å². The summed E-state index contributed by atoms with van der Waals surface area (Å²) >= 11 is 0. The molecule has 0 saturated carbocycles. The second-order valence-corrected chi connectivity index (χ2v) is 8.20. The van der Waals surface area contributed by atoms with Gasteiger partial charge in [-0.2, -0.15) is 0 Å². The smallest absolute Gasteiger partial charge is 0.407 e. The Morgan fingerprint density at radius 1 is 0.815 bits per heavy atom. The van der Waals surface area contributed by atoms with E-state index in [2.05, 4.69) is 16.0 Å². The Morgan fingerprint density at radius 3 is 1.74 bits per heavy atom. The van der Waals surface area contributed by atoms with E-state index in [-0.39, 0.29) is 6.54 Å². The van der Waals surface area contributed by atoms with Crippen molar-refractivity contribution in [1.82, 2.24) is 16.0 Å². The molecule has 0 rings (SSSR count). The molecule has 4 N–H and O–H groups in total. The highest BCUT2D eigenvalue weighted by atomic mass is 16.6. The Hall–Kier alpha value is -2.03. The number of hydrogen-bond acceptors (Lipinski definition) is 6. The van der Waals surface area contributed by atoms with Gasteiger partial charge in [0.1, 0.15) is 17.2 Å². The van der Waals surface area contributed by atoms with Crippen LogP contribution in [0.5, 0.6) is 0 Å². The summed E-state index contributed by atoms with van der Waals surface area (Å²) in [5.74, 6) is -0.952. The lowest BCUT2D eigenvalue weighted by Crippen LogP contribution is -2.42. The predicted molar refractivity (Wildman–Crippen MR) is 102 cm³/mol. The number of hydrogen-bond donors (Lipinski definition) is 4. The highest BCUT2D eigenvalue weighted by Crippen LogP contribution is 2.07. The fourth-order valence-corrected chi connectivity index (χ4v) is 2.02. The van der Waals surface area contributed by atoms with E-state index in [0.717, 1.165) is 0 Å². The minimum atomic E-state index is -0.952. The van der Waals surface area contributed by atoms with Crippen molar-refractivity contribution >= 4 is 18.2 Å². The van der Waals surface area contributed by atoms with E-state index in [1.807, 2.05) is 0 Å². The van der Waals surface area contributed by atoms with E-state index in [9.17, 15) is 19.5 Å². The van der Waals surface area contributed by atoms with Crippen molar-refractivity contribution in [2.45, 2.75) is 78.0 Å². The number of nitrogens with one attached hydrogen (secondary N) is 3. The van der Waals surface area contributed by atoms with Gasteiger partial charge in [-0.05, 0) is 60.8 Å². The number of carbonyl (C=O) groups excluding carboxylic acids is 2. The Labute approximate surface area is 161 Å². The number of aliphatic carboxylic acids is 1. The van der Waals surface area contributed by atoms with Crippen molar-refractivity contribution in [1.29, 1.82) is 0 Å². The van der Waals surface area contributed by atoms with Crippen LogP contribution in [-0.2, 0) is 14.3 Å². The maximum absolute atomic E-state index is 11.5. The van der Waals surface area contributed by atoms with Crippen molar-refractivity contribution in [2.75, 3.05) is 19.6 Å². The minimum absolute atomic E-state index is 0.263. The summed E-state index contributed by atoms with van der Waals surface area (Å²) in [6.45, 7) is 11.6. The van der Waals surface area contributed by atoms with Crippen molar-refractivity contribution < 1.29 is 29.0 Å². The van der Waals surface area contributed by atoms with Gasteiger partial charge in [0.05, 0.1) is 0 Å². The van der Waals surface area contributed by atoms with E-state index >= 15 is 0 Å². The molecule has 2 amide bonds. The third-order valence-electron chi connectivity index (χ3n) is 3.07. The molecule has 0 aliphatic carbocycles. The first kappa shape index (κ1) is 25.0. The lowest BCUT2D eigenvalue weighted by molar-refractivity contribution is -0.139. The average molecular weight is 389 g/mol. The van der Waals surface area contributed by atoms with E-state index in [0.29, 0.717) is 32.4 Å². The number of alkyl carbamates (subject to hydrolysis) is 2. The van der Waals surface area contributed by atoms with Crippen molar-refractivity contribution in [2.24, 2.45) is 0 Å². The Kier molecular flexibility index (Phi) is 10.8. The second-order valence-electron chi connectivity index (χ2n) is 8.20. The van der Waals surface area contributed by atoms with Gasteiger partial charge in [-0.3, -0.25) is 4.79 Å². The normalized spacial score (nSPS) is 12.8. The molecule has 0 spiro atoms. The number of carboxylic acid groups (broad SMARTS) is 1. The van der Waals surface area contributed by atoms with Crippen LogP contribution < -0.4 is 16.0 Å². The van der Waals surface area contributed by atoms with Crippen molar-refractivity contribution in [3.05, 3.63) is 0 Å². The quantitative estimate of drug-likeness (QED) is 0.422. The summed E-state index contributed by atoms with van der Waals surface area (Å²) in [4.78, 5) is 34.3. The van der Waals surface area contributed by atoms with Crippen LogP contribution in [0.2, 0.25) is 0 Å². The standard InChI is InChI=1S/C18H35N3O6/c1-17(2,3)26-15(24)20-10-8-7-9-13(14(22)23)19-11-12-21-16(25)27-18(4,5)6/h13,19H,7-12H2,1-6H3,(H,20,24)(H,21,25)(H,22,23)/t13-/m1/s1. The zero-order valence-corrected chi connectivity index (χ0v) is 17.3. The first-order valence-electron chi connectivity index (χ1n) is 9.20. The summed E-state index contributed by atoms with van der Waals surface area (Å²) in [6, 6.07) is -0.716. The summed E-state index contributed by atoms with van der Waals surface area (Å²) in [5, 5.41) is 17.3. The molecule has 0 aliphatic rings. The molecular weight excluding hydrogens is 354 g/mol. The van der Waals surface area contributed by atoms with Gasteiger partial charge in [-0.1, -0.05) is 0 Å². The maximum atomic E-state index is 11.5. The molecule has 1 atom stereocenters. The molecule has 0 saturated heterocycles. The SMILES string of the molecule is CC(C)(C)OC(=O)NCCCC[C@@H](NCCNC(=O)OC(C)(C)C)C(=O)O. The van der Waals surface area contributed by atoms with Crippen LogP contribution in [0.1, 0.15) is 60.8 Å². The Bertz CT molecular complexity index is 482. The lowest BCUT2D eigenvalue weighted by atomic mass is 10.1. The van der Waals surface area contributed by atoms with Gasteiger partial charge in [0, 0.05) is 19.6 Å². The number of ether oxygens (including phenoxy) is 2. The molecule has 27 heavy (non-hydrogen) atoms. The molecule has 0 fully saturated rings. The first-order chi connectivity index (χ1) is 12.3. The molecule has 0 aromatic rings. The molecule has 0 aliphatic heterocycles. The Balaban J connectivity index is 3.94. The monoisotopic (exact) mass is 389 g/mol. The van der Waals surface area contributed by atoms with Crippen LogP contribution in [0.25, 0.3) is 0 Å². The van der Waals surface area contributed by atoms with Crippen LogP contribution in [-0.4, -0.2) is 60.1 Å².